The molecule has 0 spiro atoms. The fourth-order valence-corrected chi connectivity index (χ4v) is 2.31. The summed E-state index contributed by atoms with van der Waals surface area (Å²) in [5, 5.41) is 9.93. The number of hydrogen-bond donors (Lipinski definition) is 1. The van der Waals surface area contributed by atoms with E-state index in [2.05, 4.69) is 13.8 Å². The standard InChI is InChI=1S/C11H22O3/c1-5-13-6-10(12)11-7(2)8(3)14-9(11)4/h7-12H,5-6H2,1-4H3. The second kappa shape index (κ2) is 5.10. The Hall–Kier alpha value is -0.120. The zero-order valence-corrected chi connectivity index (χ0v) is 9.56. The fraction of sp³-hybridized carbons (Fsp3) is 1.00. The predicted octanol–water partition coefficient (Wildman–Crippen LogP) is 1.44. The van der Waals surface area contributed by atoms with Crippen LogP contribution in [0.2, 0.25) is 0 Å². The summed E-state index contributed by atoms with van der Waals surface area (Å²) in [6, 6.07) is 0. The van der Waals surface area contributed by atoms with Gasteiger partial charge in [-0.2, -0.15) is 0 Å². The molecule has 5 unspecified atom stereocenters. The highest BCUT2D eigenvalue weighted by Crippen LogP contribution is 2.34. The number of aliphatic hydroxyl groups excluding tert-OH is 1. The lowest BCUT2D eigenvalue weighted by Crippen LogP contribution is -2.34. The average molecular weight is 202 g/mol. The third-order valence-electron chi connectivity index (χ3n) is 3.26. The molecular weight excluding hydrogens is 180 g/mol. The molecule has 0 amide bonds. The van der Waals surface area contributed by atoms with Gasteiger partial charge < -0.3 is 14.6 Å². The lowest BCUT2D eigenvalue weighted by Gasteiger charge is -2.24. The van der Waals surface area contributed by atoms with E-state index in [9.17, 15) is 5.11 Å². The van der Waals surface area contributed by atoms with Gasteiger partial charge in [-0.05, 0) is 26.7 Å². The van der Waals surface area contributed by atoms with E-state index in [-0.39, 0.29) is 18.1 Å². The molecular formula is C11H22O3. The van der Waals surface area contributed by atoms with Crippen molar-refractivity contribution in [2.45, 2.75) is 46.0 Å². The van der Waals surface area contributed by atoms with E-state index in [1.54, 1.807) is 0 Å². The maximum Gasteiger partial charge on any atom is 0.0829 e. The highest BCUT2D eigenvalue weighted by Gasteiger charge is 2.40. The molecule has 0 bridgehead atoms. The molecule has 1 aliphatic rings. The minimum atomic E-state index is -0.398. The van der Waals surface area contributed by atoms with Crippen molar-refractivity contribution >= 4 is 0 Å². The first-order valence-corrected chi connectivity index (χ1v) is 5.49. The van der Waals surface area contributed by atoms with Crippen LogP contribution in [0.25, 0.3) is 0 Å². The summed E-state index contributed by atoms with van der Waals surface area (Å²) in [5.41, 5.74) is 0. The van der Waals surface area contributed by atoms with E-state index in [0.717, 1.165) is 0 Å². The van der Waals surface area contributed by atoms with Crippen LogP contribution in [-0.4, -0.2) is 36.6 Å². The molecule has 0 radical (unpaired) electrons. The molecule has 3 heteroatoms. The molecule has 1 N–H and O–H groups in total. The van der Waals surface area contributed by atoms with Crippen LogP contribution in [0.1, 0.15) is 27.7 Å². The van der Waals surface area contributed by atoms with Crippen molar-refractivity contribution in [1.29, 1.82) is 0 Å². The summed E-state index contributed by atoms with van der Waals surface area (Å²) in [7, 11) is 0. The van der Waals surface area contributed by atoms with Crippen molar-refractivity contribution in [3.8, 4) is 0 Å². The summed E-state index contributed by atoms with van der Waals surface area (Å²) in [6.45, 7) is 9.24. The first kappa shape index (κ1) is 12.0. The van der Waals surface area contributed by atoms with Gasteiger partial charge in [0, 0.05) is 12.5 Å². The van der Waals surface area contributed by atoms with Crippen LogP contribution < -0.4 is 0 Å². The van der Waals surface area contributed by atoms with Crippen LogP contribution >= 0.6 is 0 Å². The van der Waals surface area contributed by atoms with Crippen molar-refractivity contribution < 1.29 is 14.6 Å². The maximum atomic E-state index is 9.93. The molecule has 1 heterocycles. The summed E-state index contributed by atoms with van der Waals surface area (Å²) in [5.74, 6) is 0.608. The number of ether oxygens (including phenoxy) is 2. The van der Waals surface area contributed by atoms with Crippen LogP contribution in [0.4, 0.5) is 0 Å². The molecule has 1 aliphatic heterocycles. The van der Waals surface area contributed by atoms with Gasteiger partial charge in [-0.1, -0.05) is 6.92 Å². The number of rotatable bonds is 4. The Balaban J connectivity index is 2.49. The zero-order valence-electron chi connectivity index (χ0n) is 9.56. The molecule has 14 heavy (non-hydrogen) atoms. The molecule has 0 aromatic carbocycles. The highest BCUT2D eigenvalue weighted by atomic mass is 16.5. The molecule has 5 atom stereocenters. The van der Waals surface area contributed by atoms with Crippen molar-refractivity contribution in [2.24, 2.45) is 11.8 Å². The first-order valence-electron chi connectivity index (χ1n) is 5.49. The van der Waals surface area contributed by atoms with Crippen LogP contribution in [-0.2, 0) is 9.47 Å². The van der Waals surface area contributed by atoms with Gasteiger partial charge in [-0.15, -0.1) is 0 Å². The molecule has 1 saturated heterocycles. The average Bonchev–Trinajstić information content (AvgIpc) is 2.38. The van der Waals surface area contributed by atoms with Gasteiger partial charge in [0.2, 0.25) is 0 Å². The van der Waals surface area contributed by atoms with Gasteiger partial charge in [0.05, 0.1) is 24.9 Å². The Bertz CT molecular complexity index is 172. The SMILES string of the molecule is CCOCC(O)C1C(C)OC(C)C1C. The topological polar surface area (TPSA) is 38.7 Å². The first-order chi connectivity index (χ1) is 6.57. The largest absolute Gasteiger partial charge is 0.390 e. The summed E-state index contributed by atoms with van der Waals surface area (Å²) in [6.07, 6.45) is -0.0216. The second-order valence-electron chi connectivity index (χ2n) is 4.21. The summed E-state index contributed by atoms with van der Waals surface area (Å²) < 4.78 is 10.9. The number of hydrogen-bond acceptors (Lipinski definition) is 3. The van der Waals surface area contributed by atoms with Crippen molar-refractivity contribution in [2.75, 3.05) is 13.2 Å². The second-order valence-corrected chi connectivity index (χ2v) is 4.21. The Kier molecular flexibility index (Phi) is 4.35. The van der Waals surface area contributed by atoms with Crippen molar-refractivity contribution in [3.63, 3.8) is 0 Å². The molecule has 84 valence electrons. The summed E-state index contributed by atoms with van der Waals surface area (Å²) >= 11 is 0. The summed E-state index contributed by atoms with van der Waals surface area (Å²) in [4.78, 5) is 0. The monoisotopic (exact) mass is 202 g/mol. The van der Waals surface area contributed by atoms with E-state index in [1.807, 2.05) is 13.8 Å². The lowest BCUT2D eigenvalue weighted by atomic mass is 9.85. The Morgan fingerprint density at radius 3 is 2.36 bits per heavy atom. The molecule has 0 aromatic heterocycles. The van der Waals surface area contributed by atoms with Crippen LogP contribution in [0, 0.1) is 11.8 Å². The van der Waals surface area contributed by atoms with Gasteiger partial charge in [0.15, 0.2) is 0 Å². The highest BCUT2D eigenvalue weighted by molar-refractivity contribution is 4.88. The Morgan fingerprint density at radius 2 is 1.93 bits per heavy atom. The van der Waals surface area contributed by atoms with E-state index in [0.29, 0.717) is 19.1 Å². The van der Waals surface area contributed by atoms with E-state index < -0.39 is 6.10 Å². The third kappa shape index (κ3) is 2.47. The third-order valence-corrected chi connectivity index (χ3v) is 3.26. The minimum absolute atomic E-state index is 0.135. The quantitative estimate of drug-likeness (QED) is 0.749. The molecule has 1 rings (SSSR count). The van der Waals surface area contributed by atoms with Crippen molar-refractivity contribution in [1.82, 2.24) is 0 Å². The van der Waals surface area contributed by atoms with E-state index in [4.69, 9.17) is 9.47 Å². The Morgan fingerprint density at radius 1 is 1.29 bits per heavy atom. The maximum absolute atomic E-state index is 9.93. The van der Waals surface area contributed by atoms with E-state index in [1.165, 1.54) is 0 Å². The van der Waals surface area contributed by atoms with Crippen LogP contribution in [0.3, 0.4) is 0 Å². The van der Waals surface area contributed by atoms with Crippen molar-refractivity contribution in [3.05, 3.63) is 0 Å². The van der Waals surface area contributed by atoms with Crippen LogP contribution in [0.15, 0.2) is 0 Å². The number of aliphatic hydroxyl groups is 1. The molecule has 0 aromatic rings. The fourth-order valence-electron chi connectivity index (χ4n) is 2.31. The van der Waals surface area contributed by atoms with Crippen LogP contribution in [0.5, 0.6) is 0 Å². The van der Waals surface area contributed by atoms with Gasteiger partial charge in [0.25, 0.3) is 0 Å². The molecule has 0 aliphatic carbocycles. The Labute approximate surface area is 86.4 Å². The smallest absolute Gasteiger partial charge is 0.0829 e. The zero-order chi connectivity index (χ0) is 10.7. The van der Waals surface area contributed by atoms with Gasteiger partial charge >= 0.3 is 0 Å². The van der Waals surface area contributed by atoms with E-state index >= 15 is 0 Å². The van der Waals surface area contributed by atoms with Gasteiger partial charge in [-0.3, -0.25) is 0 Å². The molecule has 1 fully saturated rings. The molecule has 3 nitrogen and oxygen atoms in total. The predicted molar refractivity (Wildman–Crippen MR) is 55.2 cm³/mol. The molecule has 0 saturated carbocycles. The minimum Gasteiger partial charge on any atom is -0.390 e. The van der Waals surface area contributed by atoms with Gasteiger partial charge in [-0.25, -0.2) is 0 Å². The van der Waals surface area contributed by atoms with Gasteiger partial charge in [0.1, 0.15) is 0 Å². The lowest BCUT2D eigenvalue weighted by molar-refractivity contribution is -0.0205. The normalized spacial score (nSPS) is 40.1.